The molecule has 4 N–H and O–H groups in total. The number of carboxylic acid groups (broad SMARTS) is 1. The third-order valence-electron chi connectivity index (χ3n) is 3.39. The Kier molecular flexibility index (Phi) is 2.68. The van der Waals surface area contributed by atoms with Crippen molar-refractivity contribution in [1.29, 1.82) is 0 Å². The van der Waals surface area contributed by atoms with Crippen LogP contribution in [-0.2, 0) is 4.79 Å². The van der Waals surface area contributed by atoms with Crippen LogP contribution in [0.25, 0.3) is 0 Å². The summed E-state index contributed by atoms with van der Waals surface area (Å²) in [6, 6.07) is -0.569. The standard InChI is InChI=1S/C9H15NO5/c11-5-3-10-2-1-4(9(14)15)6(10)8(13)7(5)12/h4-8,11-13H,1-3H2,(H,14,15)/t4-,5-,6+,7+,8+/m0/s1. The van der Waals surface area contributed by atoms with Crippen LogP contribution in [0, 0.1) is 5.92 Å². The monoisotopic (exact) mass is 217 g/mol. The van der Waals surface area contributed by atoms with E-state index in [1.807, 2.05) is 0 Å². The van der Waals surface area contributed by atoms with Gasteiger partial charge in [-0.3, -0.25) is 9.69 Å². The number of aliphatic hydroxyl groups is 3. The van der Waals surface area contributed by atoms with Crippen molar-refractivity contribution in [3.63, 3.8) is 0 Å². The van der Waals surface area contributed by atoms with Gasteiger partial charge in [-0.2, -0.15) is 0 Å². The smallest absolute Gasteiger partial charge is 0.308 e. The number of piperidine rings is 1. The van der Waals surface area contributed by atoms with Gasteiger partial charge in [-0.25, -0.2) is 0 Å². The van der Waals surface area contributed by atoms with Gasteiger partial charge in [0.1, 0.15) is 6.10 Å². The van der Waals surface area contributed by atoms with E-state index in [4.69, 9.17) is 5.11 Å². The molecule has 0 aromatic heterocycles. The lowest BCUT2D eigenvalue weighted by Crippen LogP contribution is -2.61. The van der Waals surface area contributed by atoms with Crippen molar-refractivity contribution in [1.82, 2.24) is 4.90 Å². The second kappa shape index (κ2) is 3.71. The lowest BCUT2D eigenvalue weighted by molar-refractivity contribution is -0.155. The largest absolute Gasteiger partial charge is 0.481 e. The van der Waals surface area contributed by atoms with Gasteiger partial charge < -0.3 is 20.4 Å². The first-order chi connectivity index (χ1) is 7.02. The number of aliphatic carboxylic acids is 1. The number of carbonyl (C=O) groups is 1. The van der Waals surface area contributed by atoms with Crippen molar-refractivity contribution in [2.75, 3.05) is 13.1 Å². The number of carboxylic acids is 1. The summed E-state index contributed by atoms with van der Waals surface area (Å²) in [7, 11) is 0. The first kappa shape index (κ1) is 10.8. The fourth-order valence-electron chi connectivity index (χ4n) is 2.59. The first-order valence-corrected chi connectivity index (χ1v) is 5.03. The van der Waals surface area contributed by atoms with Crippen molar-refractivity contribution >= 4 is 5.97 Å². The Hall–Kier alpha value is -0.690. The van der Waals surface area contributed by atoms with Gasteiger partial charge in [-0.05, 0) is 13.0 Å². The molecule has 0 aromatic carbocycles. The van der Waals surface area contributed by atoms with Gasteiger partial charge >= 0.3 is 5.97 Å². The lowest BCUT2D eigenvalue weighted by atomic mass is 9.88. The third kappa shape index (κ3) is 1.63. The van der Waals surface area contributed by atoms with Gasteiger partial charge in [0.05, 0.1) is 24.2 Å². The van der Waals surface area contributed by atoms with E-state index in [0.29, 0.717) is 13.0 Å². The molecule has 2 rings (SSSR count). The van der Waals surface area contributed by atoms with Gasteiger partial charge in [-0.15, -0.1) is 0 Å². The molecule has 5 atom stereocenters. The first-order valence-electron chi connectivity index (χ1n) is 5.03. The van der Waals surface area contributed by atoms with Crippen molar-refractivity contribution in [3.8, 4) is 0 Å². The molecule has 0 aromatic rings. The number of aliphatic hydroxyl groups excluding tert-OH is 3. The SMILES string of the molecule is O=C(O)[C@H]1CCN2C[C@H](O)[C@@H](O)[C@H](O)[C@@H]12. The Labute approximate surface area is 86.7 Å². The number of rotatable bonds is 1. The fourth-order valence-corrected chi connectivity index (χ4v) is 2.59. The van der Waals surface area contributed by atoms with Gasteiger partial charge in [0.15, 0.2) is 0 Å². The third-order valence-corrected chi connectivity index (χ3v) is 3.39. The highest BCUT2D eigenvalue weighted by atomic mass is 16.4. The molecule has 0 saturated carbocycles. The molecule has 2 saturated heterocycles. The second-order valence-corrected chi connectivity index (χ2v) is 4.27. The van der Waals surface area contributed by atoms with Crippen LogP contribution in [0.3, 0.4) is 0 Å². The molecule has 86 valence electrons. The molecule has 2 heterocycles. The molecule has 15 heavy (non-hydrogen) atoms. The Balaban J connectivity index is 2.19. The quantitative estimate of drug-likeness (QED) is 0.400. The van der Waals surface area contributed by atoms with Crippen LogP contribution in [0.4, 0.5) is 0 Å². The zero-order valence-corrected chi connectivity index (χ0v) is 8.15. The summed E-state index contributed by atoms with van der Waals surface area (Å²) in [5.41, 5.74) is 0. The average molecular weight is 217 g/mol. The summed E-state index contributed by atoms with van der Waals surface area (Å²) in [5.74, 6) is -1.60. The highest BCUT2D eigenvalue weighted by Gasteiger charge is 2.50. The van der Waals surface area contributed by atoms with Crippen molar-refractivity contribution in [3.05, 3.63) is 0 Å². The van der Waals surface area contributed by atoms with Crippen LogP contribution in [0.2, 0.25) is 0 Å². The maximum absolute atomic E-state index is 10.9. The summed E-state index contributed by atoms with van der Waals surface area (Å²) < 4.78 is 0. The molecule has 0 amide bonds. The highest BCUT2D eigenvalue weighted by molar-refractivity contribution is 5.71. The molecule has 0 aliphatic carbocycles. The van der Waals surface area contributed by atoms with Gasteiger partial charge in [0.2, 0.25) is 0 Å². The van der Waals surface area contributed by atoms with E-state index in [2.05, 4.69) is 0 Å². The molecule has 0 unspecified atom stereocenters. The van der Waals surface area contributed by atoms with Crippen LogP contribution in [-0.4, -0.2) is 68.7 Å². The predicted molar refractivity (Wildman–Crippen MR) is 49.1 cm³/mol. The van der Waals surface area contributed by atoms with E-state index in [9.17, 15) is 20.1 Å². The van der Waals surface area contributed by atoms with Crippen molar-refractivity contribution in [2.45, 2.75) is 30.8 Å². The lowest BCUT2D eigenvalue weighted by Gasteiger charge is -2.41. The highest BCUT2D eigenvalue weighted by Crippen LogP contribution is 2.32. The predicted octanol–water partition coefficient (Wildman–Crippen LogP) is -2.14. The molecular weight excluding hydrogens is 202 g/mol. The van der Waals surface area contributed by atoms with Crippen molar-refractivity contribution in [2.24, 2.45) is 5.92 Å². The molecule has 2 fully saturated rings. The van der Waals surface area contributed by atoms with E-state index < -0.39 is 36.2 Å². The second-order valence-electron chi connectivity index (χ2n) is 4.27. The summed E-state index contributed by atoms with van der Waals surface area (Å²) in [6.07, 6.45) is -2.97. The molecule has 2 aliphatic heterocycles. The molecular formula is C9H15NO5. The molecule has 0 spiro atoms. The zero-order valence-electron chi connectivity index (χ0n) is 8.15. The van der Waals surface area contributed by atoms with E-state index in [1.165, 1.54) is 0 Å². The van der Waals surface area contributed by atoms with Crippen LogP contribution >= 0.6 is 0 Å². The van der Waals surface area contributed by atoms with E-state index in [-0.39, 0.29) is 6.54 Å². The van der Waals surface area contributed by atoms with E-state index >= 15 is 0 Å². The Morgan fingerprint density at radius 1 is 1.20 bits per heavy atom. The molecule has 6 heteroatoms. The molecule has 0 radical (unpaired) electrons. The Morgan fingerprint density at radius 3 is 2.47 bits per heavy atom. The van der Waals surface area contributed by atoms with Gasteiger partial charge in [0.25, 0.3) is 0 Å². The fraction of sp³-hybridized carbons (Fsp3) is 0.889. The molecule has 6 nitrogen and oxygen atoms in total. The topological polar surface area (TPSA) is 101 Å². The zero-order chi connectivity index (χ0) is 11.2. The van der Waals surface area contributed by atoms with Crippen LogP contribution in [0.5, 0.6) is 0 Å². The molecule has 0 bridgehead atoms. The van der Waals surface area contributed by atoms with Crippen LogP contribution in [0.15, 0.2) is 0 Å². The normalized spacial score (nSPS) is 46.5. The number of hydrogen-bond donors (Lipinski definition) is 4. The van der Waals surface area contributed by atoms with E-state index in [1.54, 1.807) is 4.90 Å². The molecule has 2 aliphatic rings. The number of fused-ring (bicyclic) bond motifs is 1. The minimum Gasteiger partial charge on any atom is -0.481 e. The van der Waals surface area contributed by atoms with Gasteiger partial charge in [0, 0.05) is 6.54 Å². The van der Waals surface area contributed by atoms with Crippen molar-refractivity contribution < 1.29 is 25.2 Å². The van der Waals surface area contributed by atoms with Crippen LogP contribution < -0.4 is 0 Å². The number of hydrogen-bond acceptors (Lipinski definition) is 5. The number of nitrogens with zero attached hydrogens (tertiary/aromatic N) is 1. The van der Waals surface area contributed by atoms with E-state index in [0.717, 1.165) is 0 Å². The minimum atomic E-state index is -1.24. The Bertz CT molecular complexity index is 271. The maximum atomic E-state index is 10.9. The minimum absolute atomic E-state index is 0.229. The summed E-state index contributed by atoms with van der Waals surface area (Å²) in [6.45, 7) is 0.773. The van der Waals surface area contributed by atoms with Gasteiger partial charge in [-0.1, -0.05) is 0 Å². The summed E-state index contributed by atoms with van der Waals surface area (Å²) >= 11 is 0. The maximum Gasteiger partial charge on any atom is 0.308 e. The van der Waals surface area contributed by atoms with Crippen LogP contribution in [0.1, 0.15) is 6.42 Å². The summed E-state index contributed by atoms with van der Waals surface area (Å²) in [4.78, 5) is 12.6. The Morgan fingerprint density at radius 2 is 1.87 bits per heavy atom. The summed E-state index contributed by atoms with van der Waals surface area (Å²) in [5, 5.41) is 37.6. The average Bonchev–Trinajstić information content (AvgIpc) is 2.58.